The van der Waals surface area contributed by atoms with E-state index in [1.54, 1.807) is 0 Å². The van der Waals surface area contributed by atoms with Gasteiger partial charge >= 0.3 is 0 Å². The Bertz CT molecular complexity index is 412. The molecule has 0 radical (unpaired) electrons. The molecule has 2 aliphatic carbocycles. The molecule has 2 aliphatic rings. The SMILES string of the molecule is CNCC1(CCc2ccnn2C)CC2CCC1C2. The minimum absolute atomic E-state index is 0.571. The van der Waals surface area contributed by atoms with Gasteiger partial charge < -0.3 is 5.32 Å². The van der Waals surface area contributed by atoms with E-state index in [0.717, 1.165) is 11.8 Å². The first-order valence-electron chi connectivity index (χ1n) is 7.35. The van der Waals surface area contributed by atoms with Gasteiger partial charge in [-0.2, -0.15) is 5.10 Å². The predicted molar refractivity (Wildman–Crippen MR) is 73.3 cm³/mol. The molecule has 0 aliphatic heterocycles. The van der Waals surface area contributed by atoms with E-state index in [2.05, 4.69) is 30.6 Å². The van der Waals surface area contributed by atoms with E-state index in [1.165, 1.54) is 50.8 Å². The first-order chi connectivity index (χ1) is 8.73. The highest BCUT2D eigenvalue weighted by Gasteiger charge is 2.49. The van der Waals surface area contributed by atoms with Gasteiger partial charge in [0.15, 0.2) is 0 Å². The Labute approximate surface area is 110 Å². The largest absolute Gasteiger partial charge is 0.319 e. The van der Waals surface area contributed by atoms with Gasteiger partial charge in [0, 0.05) is 25.5 Å². The Morgan fingerprint density at radius 1 is 1.50 bits per heavy atom. The van der Waals surface area contributed by atoms with Gasteiger partial charge in [0.1, 0.15) is 0 Å². The first-order valence-corrected chi connectivity index (χ1v) is 7.35. The molecule has 3 nitrogen and oxygen atoms in total. The quantitative estimate of drug-likeness (QED) is 0.866. The van der Waals surface area contributed by atoms with E-state index in [1.807, 2.05) is 10.9 Å². The molecule has 3 heteroatoms. The van der Waals surface area contributed by atoms with Crippen LogP contribution in [0, 0.1) is 17.3 Å². The lowest BCUT2D eigenvalue weighted by Gasteiger charge is -2.38. The number of aryl methyl sites for hydroxylation is 2. The molecule has 1 heterocycles. The van der Waals surface area contributed by atoms with Crippen LogP contribution in [0.5, 0.6) is 0 Å². The van der Waals surface area contributed by atoms with Crippen LogP contribution in [0.2, 0.25) is 0 Å². The number of nitrogens with one attached hydrogen (secondary N) is 1. The molecule has 3 atom stereocenters. The van der Waals surface area contributed by atoms with Crippen molar-refractivity contribution in [3.05, 3.63) is 18.0 Å². The third-order valence-corrected chi connectivity index (χ3v) is 5.43. The third-order valence-electron chi connectivity index (χ3n) is 5.43. The van der Waals surface area contributed by atoms with Crippen molar-refractivity contribution < 1.29 is 0 Å². The van der Waals surface area contributed by atoms with Gasteiger partial charge in [-0.1, -0.05) is 6.42 Å². The number of hydrogen-bond acceptors (Lipinski definition) is 2. The van der Waals surface area contributed by atoms with Crippen molar-refractivity contribution in [3.63, 3.8) is 0 Å². The van der Waals surface area contributed by atoms with Gasteiger partial charge in [0.25, 0.3) is 0 Å². The van der Waals surface area contributed by atoms with E-state index in [-0.39, 0.29) is 0 Å². The minimum atomic E-state index is 0.571. The summed E-state index contributed by atoms with van der Waals surface area (Å²) in [5.74, 6) is 2.00. The molecule has 0 spiro atoms. The smallest absolute Gasteiger partial charge is 0.0492 e. The van der Waals surface area contributed by atoms with Crippen LogP contribution in [-0.4, -0.2) is 23.4 Å². The van der Waals surface area contributed by atoms with Crippen molar-refractivity contribution in [2.75, 3.05) is 13.6 Å². The fourth-order valence-corrected chi connectivity index (χ4v) is 4.54. The molecule has 3 rings (SSSR count). The fraction of sp³-hybridized carbons (Fsp3) is 0.800. The molecule has 1 N–H and O–H groups in total. The summed E-state index contributed by atoms with van der Waals surface area (Å²) in [6.07, 6.45) is 10.3. The zero-order valence-electron chi connectivity index (χ0n) is 11.7. The van der Waals surface area contributed by atoms with Crippen molar-refractivity contribution in [2.24, 2.45) is 24.3 Å². The van der Waals surface area contributed by atoms with Crippen LogP contribution in [0.3, 0.4) is 0 Å². The lowest BCUT2D eigenvalue weighted by Crippen LogP contribution is -2.38. The Balaban J connectivity index is 1.70. The van der Waals surface area contributed by atoms with E-state index >= 15 is 0 Å². The normalized spacial score (nSPS) is 34.3. The Kier molecular flexibility index (Phi) is 3.18. The maximum atomic E-state index is 4.28. The highest BCUT2D eigenvalue weighted by Crippen LogP contribution is 2.57. The lowest BCUT2D eigenvalue weighted by atomic mass is 9.70. The van der Waals surface area contributed by atoms with Gasteiger partial charge in [0.2, 0.25) is 0 Å². The predicted octanol–water partition coefficient (Wildman–Crippen LogP) is 2.38. The van der Waals surface area contributed by atoms with E-state index in [4.69, 9.17) is 0 Å². The maximum absolute atomic E-state index is 4.28. The Hall–Kier alpha value is -0.830. The third kappa shape index (κ3) is 1.99. The van der Waals surface area contributed by atoms with Gasteiger partial charge in [-0.3, -0.25) is 4.68 Å². The molecule has 1 aromatic heterocycles. The van der Waals surface area contributed by atoms with Crippen LogP contribution < -0.4 is 5.32 Å². The summed E-state index contributed by atoms with van der Waals surface area (Å²) in [5, 5.41) is 7.74. The first kappa shape index (κ1) is 12.2. The molecule has 3 unspecified atom stereocenters. The summed E-state index contributed by atoms with van der Waals surface area (Å²) in [5.41, 5.74) is 1.95. The summed E-state index contributed by atoms with van der Waals surface area (Å²) in [7, 11) is 4.17. The molecule has 18 heavy (non-hydrogen) atoms. The number of nitrogens with zero attached hydrogens (tertiary/aromatic N) is 2. The minimum Gasteiger partial charge on any atom is -0.319 e. The van der Waals surface area contributed by atoms with Crippen LogP contribution >= 0.6 is 0 Å². The molecule has 2 bridgehead atoms. The lowest BCUT2D eigenvalue weighted by molar-refractivity contribution is 0.146. The topological polar surface area (TPSA) is 29.9 Å². The van der Waals surface area contributed by atoms with Crippen LogP contribution in [-0.2, 0) is 13.5 Å². The fourth-order valence-electron chi connectivity index (χ4n) is 4.54. The molecular weight excluding hydrogens is 222 g/mol. The summed E-state index contributed by atoms with van der Waals surface area (Å²) in [6, 6.07) is 2.17. The average Bonchev–Trinajstić information content (AvgIpc) is 3.03. The van der Waals surface area contributed by atoms with Crippen molar-refractivity contribution in [2.45, 2.75) is 38.5 Å². The van der Waals surface area contributed by atoms with E-state index < -0.39 is 0 Å². The second-order valence-corrected chi connectivity index (χ2v) is 6.42. The molecular formula is C15H25N3. The average molecular weight is 247 g/mol. The number of rotatable bonds is 5. The zero-order valence-corrected chi connectivity index (χ0v) is 11.7. The second kappa shape index (κ2) is 4.69. The Morgan fingerprint density at radius 3 is 2.94 bits per heavy atom. The molecule has 2 fully saturated rings. The maximum Gasteiger partial charge on any atom is 0.0492 e. The summed E-state index contributed by atoms with van der Waals surface area (Å²) >= 11 is 0. The molecule has 100 valence electrons. The number of hydrogen-bond donors (Lipinski definition) is 1. The van der Waals surface area contributed by atoms with Crippen molar-refractivity contribution >= 4 is 0 Å². The zero-order chi connectivity index (χ0) is 12.6. The molecule has 2 saturated carbocycles. The van der Waals surface area contributed by atoms with Crippen LogP contribution in [0.15, 0.2) is 12.3 Å². The standard InChI is InChI=1S/C15H25N3/c1-16-11-15(10-12-3-4-13(15)9-12)7-5-14-6-8-17-18(14)2/h6,8,12-13,16H,3-5,7,9-11H2,1-2H3. The van der Waals surface area contributed by atoms with Crippen molar-refractivity contribution in [1.82, 2.24) is 15.1 Å². The molecule has 0 saturated heterocycles. The number of fused-ring (bicyclic) bond motifs is 2. The van der Waals surface area contributed by atoms with Gasteiger partial charge in [-0.15, -0.1) is 0 Å². The molecule has 0 amide bonds. The Morgan fingerprint density at radius 2 is 2.39 bits per heavy atom. The second-order valence-electron chi connectivity index (χ2n) is 6.42. The van der Waals surface area contributed by atoms with Gasteiger partial charge in [-0.25, -0.2) is 0 Å². The molecule has 0 aromatic carbocycles. The number of aromatic nitrogens is 2. The van der Waals surface area contributed by atoms with Crippen LogP contribution in [0.4, 0.5) is 0 Å². The van der Waals surface area contributed by atoms with Crippen LogP contribution in [0.1, 0.15) is 37.8 Å². The van der Waals surface area contributed by atoms with E-state index in [0.29, 0.717) is 5.41 Å². The van der Waals surface area contributed by atoms with Crippen LogP contribution in [0.25, 0.3) is 0 Å². The van der Waals surface area contributed by atoms with Gasteiger partial charge in [0.05, 0.1) is 0 Å². The summed E-state index contributed by atoms with van der Waals surface area (Å²) in [6.45, 7) is 1.20. The highest BCUT2D eigenvalue weighted by molar-refractivity contribution is 5.06. The highest BCUT2D eigenvalue weighted by atomic mass is 15.2. The van der Waals surface area contributed by atoms with Gasteiger partial charge in [-0.05, 0) is 62.5 Å². The molecule has 1 aromatic rings. The summed E-state index contributed by atoms with van der Waals surface area (Å²) < 4.78 is 2.03. The van der Waals surface area contributed by atoms with Crippen molar-refractivity contribution in [3.8, 4) is 0 Å². The van der Waals surface area contributed by atoms with Crippen molar-refractivity contribution in [1.29, 1.82) is 0 Å². The summed E-state index contributed by atoms with van der Waals surface area (Å²) in [4.78, 5) is 0. The van der Waals surface area contributed by atoms with E-state index in [9.17, 15) is 0 Å². The monoisotopic (exact) mass is 247 g/mol.